The highest BCUT2D eigenvalue weighted by molar-refractivity contribution is 5.41. The summed E-state index contributed by atoms with van der Waals surface area (Å²) in [7, 11) is 4.22. The van der Waals surface area contributed by atoms with E-state index < -0.39 is 0 Å². The number of allylic oxidation sites excluding steroid dienone is 1. The zero-order valence-corrected chi connectivity index (χ0v) is 18.9. The lowest BCUT2D eigenvalue weighted by Crippen LogP contribution is -2.43. The Kier molecular flexibility index (Phi) is 5.83. The number of fused-ring (bicyclic) bond motifs is 5. The molecule has 0 aromatic heterocycles. The van der Waals surface area contributed by atoms with Crippen molar-refractivity contribution in [2.45, 2.75) is 64.8 Å². The number of benzene rings is 1. The number of likely N-dealkylation sites (N-methyl/N-ethyl adjacent to an activating group) is 1. The van der Waals surface area contributed by atoms with Gasteiger partial charge in [-0.25, -0.2) is 0 Å². The fourth-order valence-electron chi connectivity index (χ4n) is 6.70. The number of nitrogens with zero attached hydrogens (tertiary/aromatic N) is 1. The number of ether oxygens (including phenoxy) is 1. The fraction of sp³-hybridized carbons (Fsp3) is 0.692. The first kappa shape index (κ1) is 20.9. The molecule has 1 aromatic carbocycles. The molecule has 0 spiro atoms. The topological polar surface area (TPSA) is 32.7 Å². The van der Waals surface area contributed by atoms with Gasteiger partial charge < -0.3 is 14.7 Å². The third kappa shape index (κ3) is 3.77. The lowest BCUT2D eigenvalue weighted by Gasteiger charge is -2.52. The highest BCUT2D eigenvalue weighted by atomic mass is 16.5. The van der Waals surface area contributed by atoms with Gasteiger partial charge in [-0.1, -0.05) is 31.6 Å². The standard InChI is InChI=1S/C26H39NO2/c1-17-14-19-15-21(28)7-8-22(19)23-10-12-26(3)20(6-9-24(26)25(17)23)11-13-29-16-18(2)27(4)5/h7-8,11,15,17-18,23-25,28H,6,9-10,12-14,16H2,1-5H3/t17-,18-,23-,24+,25-,26-/m1/s1. The highest BCUT2D eigenvalue weighted by Crippen LogP contribution is 2.63. The lowest BCUT2D eigenvalue weighted by molar-refractivity contribution is 0.0481. The number of hydrogen-bond donors (Lipinski definition) is 1. The van der Waals surface area contributed by atoms with Crippen molar-refractivity contribution in [2.24, 2.45) is 23.2 Å². The summed E-state index contributed by atoms with van der Waals surface area (Å²) in [6.45, 7) is 8.74. The van der Waals surface area contributed by atoms with Crippen LogP contribution in [-0.2, 0) is 11.2 Å². The molecule has 6 atom stereocenters. The van der Waals surface area contributed by atoms with Gasteiger partial charge in [0.1, 0.15) is 5.75 Å². The molecule has 2 fully saturated rings. The van der Waals surface area contributed by atoms with Crippen molar-refractivity contribution in [3.63, 3.8) is 0 Å². The second-order valence-corrected chi connectivity index (χ2v) is 10.4. The normalized spacial score (nSPS) is 36.0. The minimum Gasteiger partial charge on any atom is -0.508 e. The molecule has 0 aliphatic heterocycles. The van der Waals surface area contributed by atoms with E-state index in [0.29, 0.717) is 29.0 Å². The number of phenolic OH excluding ortho intramolecular Hbond substituents is 1. The number of aromatic hydroxyl groups is 1. The van der Waals surface area contributed by atoms with E-state index in [-0.39, 0.29) is 0 Å². The van der Waals surface area contributed by atoms with Gasteiger partial charge in [-0.15, -0.1) is 0 Å². The molecule has 0 bridgehead atoms. The minimum absolute atomic E-state index is 0.348. The monoisotopic (exact) mass is 397 g/mol. The van der Waals surface area contributed by atoms with Crippen molar-refractivity contribution >= 4 is 0 Å². The predicted octanol–water partition coefficient (Wildman–Crippen LogP) is 5.39. The molecule has 4 rings (SSSR count). The van der Waals surface area contributed by atoms with Crippen LogP contribution in [0, 0.1) is 23.2 Å². The van der Waals surface area contributed by atoms with Crippen LogP contribution in [-0.4, -0.2) is 43.4 Å². The molecule has 1 N–H and O–H groups in total. The van der Waals surface area contributed by atoms with E-state index in [4.69, 9.17) is 4.74 Å². The molecule has 29 heavy (non-hydrogen) atoms. The average molecular weight is 398 g/mol. The molecule has 3 aliphatic carbocycles. The van der Waals surface area contributed by atoms with Crippen molar-refractivity contribution in [3.8, 4) is 5.75 Å². The van der Waals surface area contributed by atoms with E-state index in [9.17, 15) is 5.11 Å². The zero-order chi connectivity index (χ0) is 20.8. The average Bonchev–Trinajstić information content (AvgIpc) is 3.00. The molecule has 3 aliphatic rings. The fourth-order valence-corrected chi connectivity index (χ4v) is 6.70. The number of rotatable bonds is 5. The van der Waals surface area contributed by atoms with E-state index in [2.05, 4.69) is 51.9 Å². The first-order valence-electron chi connectivity index (χ1n) is 11.6. The summed E-state index contributed by atoms with van der Waals surface area (Å²) >= 11 is 0. The molecular weight excluding hydrogens is 358 g/mol. The summed E-state index contributed by atoms with van der Waals surface area (Å²) in [6, 6.07) is 6.58. The van der Waals surface area contributed by atoms with Crippen LogP contribution in [0.2, 0.25) is 0 Å². The van der Waals surface area contributed by atoms with E-state index in [1.54, 1.807) is 5.57 Å². The summed E-state index contributed by atoms with van der Waals surface area (Å²) in [5.41, 5.74) is 4.91. The maximum absolute atomic E-state index is 9.94. The quantitative estimate of drug-likeness (QED) is 0.534. The van der Waals surface area contributed by atoms with E-state index in [1.807, 2.05) is 12.1 Å². The third-order valence-corrected chi connectivity index (χ3v) is 8.59. The molecule has 160 valence electrons. The van der Waals surface area contributed by atoms with E-state index in [0.717, 1.165) is 31.5 Å². The van der Waals surface area contributed by atoms with Crippen molar-refractivity contribution < 1.29 is 9.84 Å². The molecule has 0 radical (unpaired) electrons. The lowest BCUT2D eigenvalue weighted by atomic mass is 9.52. The van der Waals surface area contributed by atoms with Gasteiger partial charge in [0.25, 0.3) is 0 Å². The summed E-state index contributed by atoms with van der Waals surface area (Å²) in [5.74, 6) is 3.33. The van der Waals surface area contributed by atoms with E-state index >= 15 is 0 Å². The second kappa shape index (κ2) is 8.07. The van der Waals surface area contributed by atoms with Crippen LogP contribution >= 0.6 is 0 Å². The maximum Gasteiger partial charge on any atom is 0.115 e. The third-order valence-electron chi connectivity index (χ3n) is 8.59. The van der Waals surface area contributed by atoms with Crippen LogP contribution in [0.5, 0.6) is 5.75 Å². The molecule has 3 heteroatoms. The SMILES string of the molecule is C[C@@H]1Cc2cc(O)ccc2[C@H]2CC[C@]3(C)C(=CCOC[C@@H](C)N(C)C)CC[C@H]3[C@H]12. The number of hydrogen-bond acceptors (Lipinski definition) is 3. The first-order valence-corrected chi connectivity index (χ1v) is 11.6. The summed E-state index contributed by atoms with van der Waals surface area (Å²) in [5, 5.41) is 9.94. The Morgan fingerprint density at radius 3 is 2.86 bits per heavy atom. The van der Waals surface area contributed by atoms with Gasteiger partial charge >= 0.3 is 0 Å². The van der Waals surface area contributed by atoms with Gasteiger partial charge in [-0.05, 0) is 105 Å². The molecule has 0 saturated heterocycles. The van der Waals surface area contributed by atoms with Gasteiger partial charge in [0.05, 0.1) is 13.2 Å². The van der Waals surface area contributed by atoms with Crippen LogP contribution in [0.25, 0.3) is 0 Å². The molecule has 1 aromatic rings. The van der Waals surface area contributed by atoms with Crippen molar-refractivity contribution in [2.75, 3.05) is 27.3 Å². The van der Waals surface area contributed by atoms with Crippen LogP contribution in [0.4, 0.5) is 0 Å². The van der Waals surface area contributed by atoms with Crippen LogP contribution in [0.1, 0.15) is 63.5 Å². The molecule has 0 heterocycles. The smallest absolute Gasteiger partial charge is 0.115 e. The highest BCUT2D eigenvalue weighted by Gasteiger charge is 2.54. The number of phenols is 1. The Morgan fingerprint density at radius 2 is 2.10 bits per heavy atom. The van der Waals surface area contributed by atoms with Gasteiger partial charge in [-0.2, -0.15) is 0 Å². The predicted molar refractivity (Wildman–Crippen MR) is 119 cm³/mol. The van der Waals surface area contributed by atoms with E-state index in [1.165, 1.54) is 36.8 Å². The summed E-state index contributed by atoms with van der Waals surface area (Å²) < 4.78 is 5.99. The summed E-state index contributed by atoms with van der Waals surface area (Å²) in [6.07, 6.45) is 8.66. The molecule has 3 nitrogen and oxygen atoms in total. The van der Waals surface area contributed by atoms with Gasteiger partial charge in [0.15, 0.2) is 0 Å². The van der Waals surface area contributed by atoms with Gasteiger partial charge in [0, 0.05) is 6.04 Å². The Labute approximate surface area is 177 Å². The van der Waals surface area contributed by atoms with Crippen LogP contribution < -0.4 is 0 Å². The maximum atomic E-state index is 9.94. The Morgan fingerprint density at radius 1 is 1.31 bits per heavy atom. The molecule has 0 unspecified atom stereocenters. The van der Waals surface area contributed by atoms with Gasteiger partial charge in [-0.3, -0.25) is 0 Å². The van der Waals surface area contributed by atoms with Crippen LogP contribution in [0.15, 0.2) is 29.8 Å². The van der Waals surface area contributed by atoms with Crippen molar-refractivity contribution in [1.82, 2.24) is 4.90 Å². The second-order valence-electron chi connectivity index (χ2n) is 10.4. The molecule has 2 saturated carbocycles. The largest absolute Gasteiger partial charge is 0.508 e. The Balaban J connectivity index is 1.49. The zero-order valence-electron chi connectivity index (χ0n) is 18.9. The minimum atomic E-state index is 0.348. The Hall–Kier alpha value is -1.32. The van der Waals surface area contributed by atoms with Crippen molar-refractivity contribution in [3.05, 3.63) is 41.0 Å². The molecule has 0 amide bonds. The first-order chi connectivity index (χ1) is 13.8. The van der Waals surface area contributed by atoms with Gasteiger partial charge in [0.2, 0.25) is 0 Å². The summed E-state index contributed by atoms with van der Waals surface area (Å²) in [4.78, 5) is 2.21. The van der Waals surface area contributed by atoms with Crippen LogP contribution in [0.3, 0.4) is 0 Å². The Bertz CT molecular complexity index is 770. The molecular formula is C26H39NO2. The van der Waals surface area contributed by atoms with Crippen molar-refractivity contribution in [1.29, 1.82) is 0 Å².